The Morgan fingerprint density at radius 3 is 2.42 bits per heavy atom. The van der Waals surface area contributed by atoms with Crippen LogP contribution in [0.1, 0.15) is 6.42 Å². The molecule has 8 nitrogen and oxygen atoms in total. The number of likely N-dealkylation sites (tertiary alicyclic amines) is 1. The number of aliphatic hydroxyl groups is 1. The molecule has 4 rings (SSSR count). The number of nitrogens with one attached hydrogen (secondary N) is 2. The zero-order valence-electron chi connectivity index (χ0n) is 19.1. The summed E-state index contributed by atoms with van der Waals surface area (Å²) in [6, 6.07) is 15.0. The van der Waals surface area contributed by atoms with Crippen molar-refractivity contribution >= 4 is 44.8 Å². The maximum Gasteiger partial charge on any atom is 0.322 e. The van der Waals surface area contributed by atoms with E-state index in [1.165, 1.54) is 23.1 Å². The maximum atomic E-state index is 14.9. The predicted octanol–water partition coefficient (Wildman–Crippen LogP) is 4.16. The van der Waals surface area contributed by atoms with Crippen LogP contribution in [0.15, 0.2) is 71.6 Å². The SMILES string of the molecule is CS(=O)(=O)c1ccccc1-c1ccc(NC(=O)[C@H]2C[C@H](O)CN2C(=O)Nc2ccc(Cl)cc2)c(F)c1. The van der Waals surface area contributed by atoms with Crippen LogP contribution in [0.4, 0.5) is 20.6 Å². The molecule has 188 valence electrons. The number of halogens is 2. The minimum absolute atomic E-state index is 0.0126. The molecular weight excluding hydrogens is 509 g/mol. The number of benzene rings is 3. The van der Waals surface area contributed by atoms with E-state index in [0.717, 1.165) is 12.3 Å². The van der Waals surface area contributed by atoms with Crippen molar-refractivity contribution in [2.24, 2.45) is 0 Å². The van der Waals surface area contributed by atoms with E-state index < -0.39 is 39.7 Å². The number of hydrogen-bond acceptors (Lipinski definition) is 5. The number of urea groups is 1. The molecule has 1 aliphatic heterocycles. The normalized spacial score (nSPS) is 17.6. The molecule has 1 heterocycles. The third kappa shape index (κ3) is 5.67. The number of β-amino-alcohol motifs (C(OH)–C–C–N with tert-alkyl or cyclic N) is 1. The molecule has 3 amide bonds. The number of hydrogen-bond donors (Lipinski definition) is 3. The summed E-state index contributed by atoms with van der Waals surface area (Å²) >= 11 is 5.85. The Kier molecular flexibility index (Phi) is 7.30. The Labute approximate surface area is 212 Å². The van der Waals surface area contributed by atoms with Gasteiger partial charge in [0.15, 0.2) is 9.84 Å². The second-order valence-corrected chi connectivity index (χ2v) is 10.9. The number of carbonyl (C=O) groups excluding carboxylic acids is 2. The molecule has 0 saturated carbocycles. The first-order valence-electron chi connectivity index (χ1n) is 10.9. The molecule has 0 aliphatic carbocycles. The largest absolute Gasteiger partial charge is 0.391 e. The Bertz CT molecular complexity index is 1420. The van der Waals surface area contributed by atoms with Crippen LogP contribution in [-0.2, 0) is 14.6 Å². The monoisotopic (exact) mass is 531 g/mol. The average molecular weight is 532 g/mol. The van der Waals surface area contributed by atoms with E-state index >= 15 is 0 Å². The van der Waals surface area contributed by atoms with Crippen LogP contribution in [0.3, 0.4) is 0 Å². The summed E-state index contributed by atoms with van der Waals surface area (Å²) < 4.78 is 39.1. The zero-order chi connectivity index (χ0) is 26.0. The van der Waals surface area contributed by atoms with Gasteiger partial charge in [-0.25, -0.2) is 17.6 Å². The quantitative estimate of drug-likeness (QED) is 0.457. The van der Waals surface area contributed by atoms with E-state index in [4.69, 9.17) is 11.6 Å². The van der Waals surface area contributed by atoms with E-state index in [9.17, 15) is 27.5 Å². The summed E-state index contributed by atoms with van der Waals surface area (Å²) in [7, 11) is -3.54. The number of carbonyl (C=O) groups is 2. The summed E-state index contributed by atoms with van der Waals surface area (Å²) in [5, 5.41) is 15.7. The third-order valence-electron chi connectivity index (χ3n) is 5.76. The van der Waals surface area contributed by atoms with Gasteiger partial charge < -0.3 is 20.6 Å². The number of nitrogens with zero attached hydrogens (tertiary/aromatic N) is 1. The average Bonchev–Trinajstić information content (AvgIpc) is 3.23. The van der Waals surface area contributed by atoms with Gasteiger partial charge in [-0.05, 0) is 48.0 Å². The fourth-order valence-corrected chi connectivity index (χ4v) is 5.08. The van der Waals surface area contributed by atoms with Crippen molar-refractivity contribution < 1.29 is 27.5 Å². The Hall–Kier alpha value is -3.47. The van der Waals surface area contributed by atoms with Crippen molar-refractivity contribution in [3.05, 3.63) is 77.6 Å². The summed E-state index contributed by atoms with van der Waals surface area (Å²) in [6.07, 6.45) is 0.139. The highest BCUT2D eigenvalue weighted by atomic mass is 35.5. The standard InChI is InChI=1S/C25H23ClFN3O5S/c1-36(34,35)23-5-3-2-4-19(23)15-6-11-21(20(27)12-15)29-24(32)22-13-18(31)14-30(22)25(33)28-17-9-7-16(26)8-10-17/h2-12,18,22,31H,13-14H2,1H3,(H,28,33)(H,29,32)/t18-,22+/m0/s1. The molecule has 36 heavy (non-hydrogen) atoms. The molecular formula is C25H23ClFN3O5S. The highest BCUT2D eigenvalue weighted by Gasteiger charge is 2.39. The van der Waals surface area contributed by atoms with Gasteiger partial charge in [0, 0.05) is 35.5 Å². The Morgan fingerprint density at radius 2 is 1.75 bits per heavy atom. The molecule has 1 fully saturated rings. The minimum atomic E-state index is -3.54. The van der Waals surface area contributed by atoms with Crippen LogP contribution in [0, 0.1) is 5.82 Å². The number of aliphatic hydroxyl groups excluding tert-OH is 1. The van der Waals surface area contributed by atoms with Gasteiger partial charge in [0.1, 0.15) is 11.9 Å². The molecule has 1 saturated heterocycles. The molecule has 0 unspecified atom stereocenters. The van der Waals surface area contributed by atoms with Crippen LogP contribution >= 0.6 is 11.6 Å². The van der Waals surface area contributed by atoms with E-state index in [1.54, 1.807) is 42.5 Å². The summed E-state index contributed by atoms with van der Waals surface area (Å²) in [5.74, 6) is -1.44. The highest BCUT2D eigenvalue weighted by Crippen LogP contribution is 2.30. The molecule has 11 heteroatoms. The van der Waals surface area contributed by atoms with Crippen molar-refractivity contribution in [1.29, 1.82) is 0 Å². The van der Waals surface area contributed by atoms with Crippen molar-refractivity contribution in [2.75, 3.05) is 23.4 Å². The van der Waals surface area contributed by atoms with Crippen LogP contribution in [0.2, 0.25) is 5.02 Å². The van der Waals surface area contributed by atoms with Crippen LogP contribution < -0.4 is 10.6 Å². The van der Waals surface area contributed by atoms with Crippen molar-refractivity contribution in [2.45, 2.75) is 23.5 Å². The first-order chi connectivity index (χ1) is 17.0. The molecule has 0 spiro atoms. The summed E-state index contributed by atoms with van der Waals surface area (Å²) in [4.78, 5) is 27.0. The number of anilines is 2. The molecule has 3 N–H and O–H groups in total. The van der Waals surface area contributed by atoms with Crippen molar-refractivity contribution in [1.82, 2.24) is 4.90 Å². The van der Waals surface area contributed by atoms with Crippen LogP contribution in [0.25, 0.3) is 11.1 Å². The molecule has 2 atom stereocenters. The first-order valence-corrected chi connectivity index (χ1v) is 13.2. The van der Waals surface area contributed by atoms with Gasteiger partial charge in [-0.3, -0.25) is 4.79 Å². The zero-order valence-corrected chi connectivity index (χ0v) is 20.7. The van der Waals surface area contributed by atoms with E-state index in [1.807, 2.05) is 0 Å². The van der Waals surface area contributed by atoms with Gasteiger partial charge in [-0.15, -0.1) is 0 Å². The lowest BCUT2D eigenvalue weighted by Crippen LogP contribution is -2.45. The summed E-state index contributed by atoms with van der Waals surface area (Å²) in [6.45, 7) is -0.0682. The Morgan fingerprint density at radius 1 is 1.06 bits per heavy atom. The van der Waals surface area contributed by atoms with E-state index in [-0.39, 0.29) is 23.5 Å². The second kappa shape index (κ2) is 10.3. The van der Waals surface area contributed by atoms with Crippen LogP contribution in [-0.4, -0.2) is 55.3 Å². The molecule has 3 aromatic rings. The topological polar surface area (TPSA) is 116 Å². The fraction of sp³-hybridized carbons (Fsp3) is 0.200. The molecule has 1 aliphatic rings. The molecule has 0 aromatic heterocycles. The van der Waals surface area contributed by atoms with Gasteiger partial charge in [0.05, 0.1) is 16.7 Å². The molecule has 0 radical (unpaired) electrons. The highest BCUT2D eigenvalue weighted by molar-refractivity contribution is 7.90. The first kappa shape index (κ1) is 25.6. The number of amides is 3. The smallest absolute Gasteiger partial charge is 0.322 e. The third-order valence-corrected chi connectivity index (χ3v) is 7.17. The Balaban J connectivity index is 1.51. The van der Waals surface area contributed by atoms with E-state index in [2.05, 4.69) is 10.6 Å². The predicted molar refractivity (Wildman–Crippen MR) is 135 cm³/mol. The van der Waals surface area contributed by atoms with Gasteiger partial charge in [0.25, 0.3) is 0 Å². The summed E-state index contributed by atoms with van der Waals surface area (Å²) in [5.41, 5.74) is 0.980. The van der Waals surface area contributed by atoms with Gasteiger partial charge in [-0.2, -0.15) is 0 Å². The number of rotatable bonds is 5. The van der Waals surface area contributed by atoms with E-state index in [0.29, 0.717) is 21.8 Å². The molecule has 3 aromatic carbocycles. The number of sulfone groups is 1. The lowest BCUT2D eigenvalue weighted by Gasteiger charge is -2.24. The lowest BCUT2D eigenvalue weighted by atomic mass is 10.0. The van der Waals surface area contributed by atoms with Gasteiger partial charge in [-0.1, -0.05) is 35.9 Å². The fourth-order valence-electron chi connectivity index (χ4n) is 4.04. The minimum Gasteiger partial charge on any atom is -0.391 e. The second-order valence-electron chi connectivity index (χ2n) is 8.45. The van der Waals surface area contributed by atoms with Crippen molar-refractivity contribution in [3.63, 3.8) is 0 Å². The maximum absolute atomic E-state index is 14.9. The van der Waals surface area contributed by atoms with Gasteiger partial charge >= 0.3 is 6.03 Å². The lowest BCUT2D eigenvalue weighted by molar-refractivity contribution is -0.119. The van der Waals surface area contributed by atoms with Crippen LogP contribution in [0.5, 0.6) is 0 Å². The molecule has 0 bridgehead atoms. The van der Waals surface area contributed by atoms with Gasteiger partial charge in [0.2, 0.25) is 5.91 Å². The van der Waals surface area contributed by atoms with Crippen molar-refractivity contribution in [3.8, 4) is 11.1 Å².